The van der Waals surface area contributed by atoms with Gasteiger partial charge in [0.2, 0.25) is 0 Å². The Morgan fingerprint density at radius 1 is 0.659 bits per heavy atom. The molecule has 6 unspecified atom stereocenters. The van der Waals surface area contributed by atoms with Crippen molar-refractivity contribution in [2.24, 2.45) is 5.73 Å². The van der Waals surface area contributed by atoms with Crippen molar-refractivity contribution in [1.29, 1.82) is 0 Å². The van der Waals surface area contributed by atoms with Crippen LogP contribution in [0, 0.1) is 0 Å². The fourth-order valence-electron chi connectivity index (χ4n) is 4.14. The van der Waals surface area contributed by atoms with Crippen LogP contribution in [-0.4, -0.2) is 191 Å². The number of nitrogens with two attached hydrogens (primary N) is 1. The normalized spacial score (nSPS) is 45.8. The van der Waals surface area contributed by atoms with Crippen LogP contribution in [0.1, 0.15) is 0 Å². The minimum atomic E-state index is -1.91. The second-order valence-electron chi connectivity index (χ2n) is 9.46. The highest BCUT2D eigenvalue weighted by atomic mass is 32.1. The molecule has 0 radical (unpaired) electrons. The highest BCUT2D eigenvalue weighted by Gasteiger charge is 2.53. The van der Waals surface area contributed by atoms with Crippen molar-refractivity contribution in [1.82, 2.24) is 0 Å². The van der Waals surface area contributed by atoms with Crippen LogP contribution in [0.4, 0.5) is 0 Å². The van der Waals surface area contributed by atoms with Gasteiger partial charge in [-0.15, -0.1) is 0 Å². The molecular formula is C21H39NO18S. The number of thiol groups is 1. The van der Waals surface area contributed by atoms with E-state index < -0.39 is 124 Å². The van der Waals surface area contributed by atoms with E-state index >= 15 is 0 Å². The number of rotatable bonds is 9. The van der Waals surface area contributed by atoms with E-state index in [0.717, 1.165) is 0 Å². The second-order valence-corrected chi connectivity index (χ2v) is 9.83. The van der Waals surface area contributed by atoms with Gasteiger partial charge in [0.1, 0.15) is 79.3 Å². The van der Waals surface area contributed by atoms with Crippen molar-refractivity contribution >= 4 is 18.6 Å². The largest absolute Gasteiger partial charge is 0.480 e. The van der Waals surface area contributed by atoms with Gasteiger partial charge in [-0.2, -0.15) is 12.6 Å². The van der Waals surface area contributed by atoms with Crippen LogP contribution in [0.15, 0.2) is 0 Å². The third-order valence-electron chi connectivity index (χ3n) is 6.60. The van der Waals surface area contributed by atoms with E-state index in [0.29, 0.717) is 0 Å². The van der Waals surface area contributed by atoms with Crippen LogP contribution in [-0.2, 0) is 28.5 Å². The van der Waals surface area contributed by atoms with E-state index in [1.165, 1.54) is 0 Å². The van der Waals surface area contributed by atoms with Crippen molar-refractivity contribution in [2.45, 2.75) is 98.2 Å². The SMILES string of the molecule is N[C@@H](CS)C(=O)O.OC[C@H]1OC(O[C@H]2[C@H](O)C(O)C(O[C@H]3C(O)C(O)C(O)O[C@@H]3CO)O[C@@H]2CO)[C@H](O)[C@@H](O)[C@@H]1O. The number of hydrogen-bond donors (Lipinski definition) is 14. The maximum Gasteiger partial charge on any atom is 0.321 e. The van der Waals surface area contributed by atoms with E-state index in [1.54, 1.807) is 0 Å². The van der Waals surface area contributed by atoms with Crippen LogP contribution in [0.5, 0.6) is 0 Å². The lowest BCUT2D eigenvalue weighted by Crippen LogP contribution is -2.66. The summed E-state index contributed by atoms with van der Waals surface area (Å²) in [4.78, 5) is 9.76. The summed E-state index contributed by atoms with van der Waals surface area (Å²) in [5.74, 6) is -0.815. The predicted molar refractivity (Wildman–Crippen MR) is 131 cm³/mol. The van der Waals surface area contributed by atoms with Crippen molar-refractivity contribution < 1.29 is 89.8 Å². The van der Waals surface area contributed by atoms with Gasteiger partial charge in [-0.25, -0.2) is 0 Å². The highest BCUT2D eigenvalue weighted by Crippen LogP contribution is 2.32. The molecule has 0 aromatic heterocycles. The minimum absolute atomic E-state index is 0.190. The molecule has 3 fully saturated rings. The molecule has 3 saturated heterocycles. The van der Waals surface area contributed by atoms with E-state index in [1.807, 2.05) is 0 Å². The molecule has 3 aliphatic rings. The number of carboxylic acids is 1. The Kier molecular flexibility index (Phi) is 14.4. The molecule has 0 amide bonds. The second kappa shape index (κ2) is 16.3. The van der Waals surface area contributed by atoms with Crippen molar-refractivity contribution in [3.8, 4) is 0 Å². The molecular weight excluding hydrogens is 586 g/mol. The van der Waals surface area contributed by atoms with Crippen LogP contribution in [0.3, 0.4) is 0 Å². The van der Waals surface area contributed by atoms with Crippen LogP contribution < -0.4 is 5.73 Å². The predicted octanol–water partition coefficient (Wildman–Crippen LogP) is -8.24. The molecule has 3 aliphatic heterocycles. The maximum atomic E-state index is 10.6. The molecule has 16 atom stereocenters. The molecule has 3 heterocycles. The summed E-state index contributed by atoms with van der Waals surface area (Å²) < 4.78 is 26.4. The number of hydrogen-bond acceptors (Lipinski definition) is 19. The van der Waals surface area contributed by atoms with Crippen LogP contribution in [0.2, 0.25) is 0 Å². The molecule has 0 aromatic carbocycles. The lowest BCUT2D eigenvalue weighted by molar-refractivity contribution is -0.377. The number of carboxylic acid groups (broad SMARTS) is 1. The zero-order chi connectivity index (χ0) is 31.2. The van der Waals surface area contributed by atoms with Gasteiger partial charge in [0, 0.05) is 5.75 Å². The summed E-state index contributed by atoms with van der Waals surface area (Å²) in [5.41, 5.74) is 4.94. The number of carbonyl (C=O) groups is 1. The van der Waals surface area contributed by atoms with Gasteiger partial charge in [-0.05, 0) is 0 Å². The van der Waals surface area contributed by atoms with E-state index in [9.17, 15) is 61.0 Å². The van der Waals surface area contributed by atoms with Gasteiger partial charge in [0.05, 0.1) is 19.8 Å². The third kappa shape index (κ3) is 8.62. The van der Waals surface area contributed by atoms with Crippen molar-refractivity contribution in [3.63, 3.8) is 0 Å². The fraction of sp³-hybridized carbons (Fsp3) is 0.952. The number of aliphatic hydroxyl groups excluding tert-OH is 11. The molecule has 3 rings (SSSR count). The smallest absolute Gasteiger partial charge is 0.321 e. The zero-order valence-corrected chi connectivity index (χ0v) is 22.3. The first-order valence-corrected chi connectivity index (χ1v) is 13.0. The molecule has 0 saturated carbocycles. The summed E-state index contributed by atoms with van der Waals surface area (Å²) in [6.07, 6.45) is -25.1. The molecule has 41 heavy (non-hydrogen) atoms. The quantitative estimate of drug-likeness (QED) is 0.106. The Hall–Kier alpha value is -0.860. The van der Waals surface area contributed by atoms with Gasteiger partial charge in [-0.1, -0.05) is 0 Å². The third-order valence-corrected chi connectivity index (χ3v) is 7.00. The van der Waals surface area contributed by atoms with Crippen LogP contribution in [0.25, 0.3) is 0 Å². The topological polar surface area (TPSA) is 332 Å². The molecule has 19 nitrogen and oxygen atoms in total. The standard InChI is InChI=1S/C18H32O16.C3H7NO2S/c19-1-4-7(22)8(23)12(27)17(31-4)34-15-6(3-21)32-18(13(28)10(15)25)33-14-5(2-20)30-16(29)11(26)9(14)24;4-2(1-7)3(5)6/h4-29H,1-3H2;2,7H,1,4H2,(H,5,6)/t4-,5-,6-,7-,8+,9?,10-,11?,12-,13?,14-,15-,16?,17?,18?;2-/m10/s1. The van der Waals surface area contributed by atoms with Gasteiger partial charge >= 0.3 is 5.97 Å². The Labute approximate surface area is 238 Å². The first-order chi connectivity index (χ1) is 19.2. The Morgan fingerprint density at radius 2 is 1.07 bits per heavy atom. The summed E-state index contributed by atoms with van der Waals surface area (Å²) in [5, 5.41) is 117. The van der Waals surface area contributed by atoms with Gasteiger partial charge in [-0.3, -0.25) is 4.79 Å². The minimum Gasteiger partial charge on any atom is -0.480 e. The Bertz CT molecular complexity index is 795. The molecule has 0 aliphatic carbocycles. The average molecular weight is 626 g/mol. The van der Waals surface area contributed by atoms with Crippen molar-refractivity contribution in [2.75, 3.05) is 25.6 Å². The summed E-state index contributed by atoms with van der Waals surface area (Å²) >= 11 is 3.65. The van der Waals surface area contributed by atoms with E-state index in [2.05, 4.69) is 12.6 Å². The first kappa shape index (κ1) is 36.3. The van der Waals surface area contributed by atoms with Crippen molar-refractivity contribution in [3.05, 3.63) is 0 Å². The number of ether oxygens (including phenoxy) is 5. The molecule has 242 valence electrons. The van der Waals surface area contributed by atoms with Crippen LogP contribution >= 0.6 is 12.6 Å². The first-order valence-electron chi connectivity index (χ1n) is 12.4. The Balaban J connectivity index is 0.000000745. The average Bonchev–Trinajstić information content (AvgIpc) is 2.96. The number of aliphatic hydroxyl groups is 11. The zero-order valence-electron chi connectivity index (χ0n) is 21.4. The molecule has 0 spiro atoms. The van der Waals surface area contributed by atoms with Gasteiger partial charge in [0.15, 0.2) is 18.9 Å². The molecule has 0 aromatic rings. The van der Waals surface area contributed by atoms with E-state index in [-0.39, 0.29) is 5.75 Å². The lowest BCUT2D eigenvalue weighted by Gasteiger charge is -2.47. The monoisotopic (exact) mass is 625 g/mol. The Morgan fingerprint density at radius 3 is 1.49 bits per heavy atom. The maximum absolute atomic E-state index is 10.6. The fourth-order valence-corrected chi connectivity index (χ4v) is 4.29. The van der Waals surface area contributed by atoms with E-state index in [4.69, 9.17) is 34.5 Å². The summed E-state index contributed by atoms with van der Waals surface area (Å²) in [6, 6.07) is -0.816. The highest BCUT2D eigenvalue weighted by molar-refractivity contribution is 7.80. The molecule has 0 bridgehead atoms. The number of aliphatic carboxylic acids is 1. The van der Waals surface area contributed by atoms with Gasteiger partial charge < -0.3 is 90.7 Å². The molecule has 14 N–H and O–H groups in total. The summed E-state index contributed by atoms with van der Waals surface area (Å²) in [6.45, 7) is -2.32. The molecule has 20 heteroatoms. The van der Waals surface area contributed by atoms with Gasteiger partial charge in [0.25, 0.3) is 0 Å². The lowest BCUT2D eigenvalue weighted by atomic mass is 9.96. The summed E-state index contributed by atoms with van der Waals surface area (Å²) in [7, 11) is 0.